The quantitative estimate of drug-likeness (QED) is 0.566. The number of benzene rings is 2. The van der Waals surface area contributed by atoms with Crippen LogP contribution in [0.1, 0.15) is 66.4 Å². The summed E-state index contributed by atoms with van der Waals surface area (Å²) in [6.07, 6.45) is 3.29. The fourth-order valence-electron chi connectivity index (χ4n) is 3.95. The Morgan fingerprint density at radius 2 is 1.53 bits per heavy atom. The Kier molecular flexibility index (Phi) is 8.40. The lowest BCUT2D eigenvalue weighted by Gasteiger charge is -2.29. The molecule has 0 aromatic heterocycles. The van der Waals surface area contributed by atoms with E-state index in [4.69, 9.17) is 0 Å². The van der Waals surface area contributed by atoms with Crippen molar-refractivity contribution in [2.75, 3.05) is 0 Å². The monoisotopic (exact) mass is 407 g/mol. The zero-order valence-electron chi connectivity index (χ0n) is 19.4. The van der Waals surface area contributed by atoms with Crippen molar-refractivity contribution in [1.29, 1.82) is 0 Å². The summed E-state index contributed by atoms with van der Waals surface area (Å²) in [7, 11) is 0. The maximum absolute atomic E-state index is 12.9. The second kappa shape index (κ2) is 10.6. The van der Waals surface area contributed by atoms with Crippen molar-refractivity contribution >= 4 is 11.8 Å². The second-order valence-electron chi connectivity index (χ2n) is 8.86. The van der Waals surface area contributed by atoms with Gasteiger partial charge in [-0.3, -0.25) is 14.5 Å². The zero-order chi connectivity index (χ0) is 22.3. The minimum atomic E-state index is -0.534. The van der Waals surface area contributed by atoms with Gasteiger partial charge in [-0.15, -0.1) is 0 Å². The number of carbonyl (C=O) groups is 2. The predicted octanol–water partition coefficient (Wildman–Crippen LogP) is 6.51. The first-order valence-corrected chi connectivity index (χ1v) is 11.3. The molecule has 1 heterocycles. The molecule has 1 aliphatic heterocycles. The lowest BCUT2D eigenvalue weighted by molar-refractivity contribution is -0.150. The summed E-state index contributed by atoms with van der Waals surface area (Å²) in [4.78, 5) is 27.2. The van der Waals surface area contributed by atoms with Gasteiger partial charge in [0.2, 0.25) is 11.8 Å². The molecule has 0 saturated carbocycles. The molecule has 0 radical (unpaired) electrons. The first kappa shape index (κ1) is 23.9. The van der Waals surface area contributed by atoms with Crippen molar-refractivity contribution in [3.63, 3.8) is 0 Å². The van der Waals surface area contributed by atoms with Crippen LogP contribution in [0.15, 0.2) is 54.6 Å². The first-order valence-electron chi connectivity index (χ1n) is 11.3. The Labute approximate surface area is 182 Å². The summed E-state index contributed by atoms with van der Waals surface area (Å²) in [6, 6.07) is 19.0. The molecule has 0 bridgehead atoms. The molecule has 2 atom stereocenters. The van der Waals surface area contributed by atoms with Crippen LogP contribution < -0.4 is 0 Å². The van der Waals surface area contributed by atoms with Gasteiger partial charge in [0.15, 0.2) is 0 Å². The number of aryl methyl sites for hydroxylation is 1. The van der Waals surface area contributed by atoms with E-state index in [1.807, 2.05) is 59.7 Å². The van der Waals surface area contributed by atoms with Gasteiger partial charge in [-0.2, -0.15) is 0 Å². The maximum Gasteiger partial charge on any atom is 0.234 e. The highest BCUT2D eigenvalue weighted by Gasteiger charge is 2.44. The van der Waals surface area contributed by atoms with E-state index in [0.29, 0.717) is 0 Å². The summed E-state index contributed by atoms with van der Waals surface area (Å²) >= 11 is 0. The maximum atomic E-state index is 12.9. The van der Waals surface area contributed by atoms with Gasteiger partial charge in [-0.1, -0.05) is 96.1 Å². The third-order valence-electron chi connectivity index (χ3n) is 5.69. The predicted molar refractivity (Wildman–Crippen MR) is 125 cm³/mol. The van der Waals surface area contributed by atoms with Gasteiger partial charge in [-0.05, 0) is 42.4 Å². The fraction of sp³-hybridized carbons (Fsp3) is 0.481. The minimum Gasteiger partial charge on any atom is -0.279 e. The van der Waals surface area contributed by atoms with Crippen LogP contribution in [-0.4, -0.2) is 22.8 Å². The molecule has 2 aromatic carbocycles. The average Bonchev–Trinajstić information content (AvgIpc) is 3.08. The largest absolute Gasteiger partial charge is 0.279 e. The Morgan fingerprint density at radius 3 is 2.07 bits per heavy atom. The van der Waals surface area contributed by atoms with E-state index in [2.05, 4.69) is 36.4 Å². The number of hydrogen-bond acceptors (Lipinski definition) is 2. The third-order valence-corrected chi connectivity index (χ3v) is 5.69. The van der Waals surface area contributed by atoms with Crippen molar-refractivity contribution in [2.45, 2.75) is 73.3 Å². The van der Waals surface area contributed by atoms with E-state index >= 15 is 0 Å². The molecular weight excluding hydrogens is 370 g/mol. The van der Waals surface area contributed by atoms with E-state index in [0.717, 1.165) is 25.7 Å². The summed E-state index contributed by atoms with van der Waals surface area (Å²) < 4.78 is 0. The van der Waals surface area contributed by atoms with Crippen LogP contribution >= 0.6 is 0 Å². The molecule has 0 aliphatic carbocycles. The molecule has 1 saturated heterocycles. The fourth-order valence-corrected chi connectivity index (χ4v) is 3.95. The van der Waals surface area contributed by atoms with E-state index in [1.165, 1.54) is 16.7 Å². The highest BCUT2D eigenvalue weighted by atomic mass is 16.2. The minimum absolute atomic E-state index is 0.0120. The number of likely N-dealkylation sites (tertiary alicyclic amines) is 1. The summed E-state index contributed by atoms with van der Waals surface area (Å²) in [5.74, 6) is -0.0403. The van der Waals surface area contributed by atoms with Crippen molar-refractivity contribution in [1.82, 2.24) is 4.90 Å². The lowest BCUT2D eigenvalue weighted by atomic mass is 9.93. The van der Waals surface area contributed by atoms with Crippen LogP contribution in [-0.2, 0) is 16.0 Å². The molecule has 1 aliphatic rings. The zero-order valence-corrected chi connectivity index (χ0v) is 19.4. The van der Waals surface area contributed by atoms with E-state index in [-0.39, 0.29) is 23.8 Å². The van der Waals surface area contributed by atoms with Gasteiger partial charge in [0.05, 0.1) is 0 Å². The van der Waals surface area contributed by atoms with Gasteiger partial charge in [0.1, 0.15) is 0 Å². The molecule has 1 fully saturated rings. The van der Waals surface area contributed by atoms with Crippen LogP contribution in [0.25, 0.3) is 11.1 Å². The van der Waals surface area contributed by atoms with Crippen molar-refractivity contribution in [2.24, 2.45) is 11.3 Å². The van der Waals surface area contributed by atoms with Crippen LogP contribution in [0.3, 0.4) is 0 Å². The highest BCUT2D eigenvalue weighted by Crippen LogP contribution is 2.33. The van der Waals surface area contributed by atoms with E-state index in [1.54, 1.807) is 4.90 Å². The van der Waals surface area contributed by atoms with E-state index < -0.39 is 5.41 Å². The molecule has 2 aromatic rings. The molecule has 1 unspecified atom stereocenters. The number of hydrogen-bond donors (Lipinski definition) is 0. The Hall–Kier alpha value is -2.42. The van der Waals surface area contributed by atoms with Gasteiger partial charge in [-0.25, -0.2) is 0 Å². The molecule has 30 heavy (non-hydrogen) atoms. The molecule has 162 valence electrons. The number of nitrogens with zero attached hydrogens (tertiary/aromatic N) is 1. The Balaban J connectivity index is 0.00000155. The van der Waals surface area contributed by atoms with Crippen molar-refractivity contribution < 1.29 is 9.59 Å². The smallest absolute Gasteiger partial charge is 0.234 e. The van der Waals surface area contributed by atoms with Crippen molar-refractivity contribution in [3.8, 4) is 11.1 Å². The third kappa shape index (κ3) is 5.59. The van der Waals surface area contributed by atoms with Gasteiger partial charge in [0.25, 0.3) is 0 Å². The van der Waals surface area contributed by atoms with Crippen LogP contribution in [0.5, 0.6) is 0 Å². The van der Waals surface area contributed by atoms with Gasteiger partial charge >= 0.3 is 0 Å². The lowest BCUT2D eigenvalue weighted by Crippen LogP contribution is -2.45. The molecule has 0 N–H and O–H groups in total. The SMILES string of the molecule is CC.CCC1C[C@@H](CCc2ccc(-c3ccccc3)cc2)N(C(=O)C(C)(C)C)C1=O. The number of rotatable bonds is 5. The number of amides is 2. The van der Waals surface area contributed by atoms with Crippen molar-refractivity contribution in [3.05, 3.63) is 60.2 Å². The van der Waals surface area contributed by atoms with Gasteiger partial charge < -0.3 is 0 Å². The van der Waals surface area contributed by atoms with Crippen LogP contribution in [0.2, 0.25) is 0 Å². The summed E-state index contributed by atoms with van der Waals surface area (Å²) in [5.41, 5.74) is 3.13. The normalized spacial score (nSPS) is 18.7. The Morgan fingerprint density at radius 1 is 0.967 bits per heavy atom. The van der Waals surface area contributed by atoms with Crippen LogP contribution in [0, 0.1) is 11.3 Å². The summed E-state index contributed by atoms with van der Waals surface area (Å²) in [5, 5.41) is 0. The topological polar surface area (TPSA) is 37.4 Å². The molecule has 3 heteroatoms. The molecular formula is C27H37NO2. The second-order valence-corrected chi connectivity index (χ2v) is 8.86. The first-order chi connectivity index (χ1) is 14.3. The van der Waals surface area contributed by atoms with Crippen LogP contribution in [0.4, 0.5) is 0 Å². The standard InChI is InChI=1S/C25H31NO2.C2H6/c1-5-19-17-22(26(23(19)27)24(28)25(2,3)4)16-13-18-11-14-21(15-12-18)20-9-7-6-8-10-20;1-2/h6-12,14-15,19,22H,5,13,16-17H2,1-4H3;1-2H3/t19?,22-;/m1./s1. The number of carbonyl (C=O) groups excluding carboxylic acids is 2. The Bertz CT molecular complexity index is 818. The van der Waals surface area contributed by atoms with Gasteiger partial charge in [0, 0.05) is 17.4 Å². The highest BCUT2D eigenvalue weighted by molar-refractivity contribution is 6.00. The van der Waals surface area contributed by atoms with E-state index in [9.17, 15) is 9.59 Å². The summed E-state index contributed by atoms with van der Waals surface area (Å²) in [6.45, 7) is 11.7. The molecule has 3 nitrogen and oxygen atoms in total. The molecule has 2 amide bonds. The molecule has 0 spiro atoms. The average molecular weight is 408 g/mol. The number of imide groups is 1. The molecule has 3 rings (SSSR count).